The first-order valence-electron chi connectivity index (χ1n) is 8.24. The van der Waals surface area contributed by atoms with Crippen LogP contribution in [-0.2, 0) is 9.53 Å². The van der Waals surface area contributed by atoms with Gasteiger partial charge in [-0.1, -0.05) is 20.3 Å². The molecule has 2 aliphatic rings. The molecule has 0 aromatic rings. The molecule has 2 saturated carbocycles. The molecule has 3 nitrogen and oxygen atoms in total. The first-order chi connectivity index (χ1) is 9.49. The molecular weight excluding hydrogens is 252 g/mol. The molecule has 1 N–H and O–H groups in total. The number of aliphatic hydroxyl groups is 1. The van der Waals surface area contributed by atoms with Gasteiger partial charge in [0.05, 0.1) is 13.2 Å². The first kappa shape index (κ1) is 15.8. The second kappa shape index (κ2) is 6.46. The van der Waals surface area contributed by atoms with E-state index in [0.717, 1.165) is 19.3 Å². The summed E-state index contributed by atoms with van der Waals surface area (Å²) in [4.78, 5) is 11.2. The van der Waals surface area contributed by atoms with Gasteiger partial charge in [-0.25, -0.2) is 0 Å². The van der Waals surface area contributed by atoms with E-state index < -0.39 is 0 Å². The number of hydrogen-bond donors (Lipinski definition) is 1. The number of carbonyl (C=O) groups excluding carboxylic acids is 1. The number of methoxy groups -OCH3 is 1. The Hall–Kier alpha value is -0.570. The van der Waals surface area contributed by atoms with Gasteiger partial charge in [0.15, 0.2) is 0 Å². The monoisotopic (exact) mass is 282 g/mol. The Morgan fingerprint density at radius 1 is 1.40 bits per heavy atom. The van der Waals surface area contributed by atoms with Crippen LogP contribution in [0.3, 0.4) is 0 Å². The molecule has 5 atom stereocenters. The number of rotatable bonds is 5. The lowest BCUT2D eigenvalue weighted by molar-refractivity contribution is -0.140. The molecule has 2 aliphatic carbocycles. The van der Waals surface area contributed by atoms with Crippen LogP contribution in [0.2, 0.25) is 0 Å². The summed E-state index contributed by atoms with van der Waals surface area (Å²) in [7, 11) is 1.46. The molecule has 0 saturated heterocycles. The highest BCUT2D eigenvalue weighted by Gasteiger charge is 2.51. The van der Waals surface area contributed by atoms with Crippen molar-refractivity contribution in [2.45, 2.75) is 71.3 Å². The first-order valence-corrected chi connectivity index (χ1v) is 8.24. The second-order valence-corrected chi connectivity index (χ2v) is 7.20. The van der Waals surface area contributed by atoms with Gasteiger partial charge in [0, 0.05) is 6.42 Å². The van der Waals surface area contributed by atoms with Gasteiger partial charge in [-0.3, -0.25) is 4.79 Å². The molecule has 0 spiro atoms. The molecule has 3 heteroatoms. The fourth-order valence-electron chi connectivity index (χ4n) is 5.00. The molecule has 0 aliphatic heterocycles. The Morgan fingerprint density at radius 2 is 2.15 bits per heavy atom. The highest BCUT2D eigenvalue weighted by atomic mass is 16.5. The van der Waals surface area contributed by atoms with Gasteiger partial charge < -0.3 is 9.84 Å². The molecule has 0 heterocycles. The van der Waals surface area contributed by atoms with Crippen LogP contribution < -0.4 is 0 Å². The highest BCUT2D eigenvalue weighted by molar-refractivity contribution is 5.68. The summed E-state index contributed by atoms with van der Waals surface area (Å²) in [5.41, 5.74) is 0.322. The number of esters is 1. The van der Waals surface area contributed by atoms with Gasteiger partial charge in [-0.2, -0.15) is 0 Å². The van der Waals surface area contributed by atoms with E-state index in [9.17, 15) is 9.90 Å². The molecular formula is C17H30O3. The maximum absolute atomic E-state index is 11.2. The lowest BCUT2D eigenvalue weighted by Crippen LogP contribution is -2.41. The van der Waals surface area contributed by atoms with E-state index in [1.165, 1.54) is 32.8 Å². The minimum atomic E-state index is -0.0965. The predicted molar refractivity (Wildman–Crippen MR) is 79.2 cm³/mol. The van der Waals surface area contributed by atoms with Crippen LogP contribution in [0.15, 0.2) is 0 Å². The van der Waals surface area contributed by atoms with Crippen molar-refractivity contribution in [3.8, 4) is 0 Å². The standard InChI is InChI=1S/C17H30O3/c1-12(6-4-8-16(19)20-3)13-9-10-14-15(18)7-5-11-17(13,14)2/h12-15,18H,4-11H2,1-3H3/t12?,13-,14-,15+,17?/m1/s1. The van der Waals surface area contributed by atoms with E-state index in [2.05, 4.69) is 13.8 Å². The average molecular weight is 282 g/mol. The number of fused-ring (bicyclic) bond motifs is 1. The fourth-order valence-corrected chi connectivity index (χ4v) is 5.00. The van der Waals surface area contributed by atoms with Crippen LogP contribution in [0.25, 0.3) is 0 Å². The van der Waals surface area contributed by atoms with Crippen LogP contribution in [0.1, 0.15) is 65.2 Å². The van der Waals surface area contributed by atoms with Crippen LogP contribution >= 0.6 is 0 Å². The van der Waals surface area contributed by atoms with Gasteiger partial charge in [0.2, 0.25) is 0 Å². The van der Waals surface area contributed by atoms with Crippen molar-refractivity contribution in [3.63, 3.8) is 0 Å². The van der Waals surface area contributed by atoms with Crippen molar-refractivity contribution in [3.05, 3.63) is 0 Å². The van der Waals surface area contributed by atoms with Crippen molar-refractivity contribution in [1.82, 2.24) is 0 Å². The topological polar surface area (TPSA) is 46.5 Å². The quantitative estimate of drug-likeness (QED) is 0.784. The summed E-state index contributed by atoms with van der Waals surface area (Å²) < 4.78 is 4.71. The number of hydrogen-bond acceptors (Lipinski definition) is 3. The van der Waals surface area contributed by atoms with Crippen molar-refractivity contribution in [2.75, 3.05) is 7.11 Å². The maximum atomic E-state index is 11.2. The Morgan fingerprint density at radius 3 is 2.85 bits per heavy atom. The molecule has 20 heavy (non-hydrogen) atoms. The van der Waals surface area contributed by atoms with E-state index >= 15 is 0 Å². The van der Waals surface area contributed by atoms with Gasteiger partial charge in [0.1, 0.15) is 0 Å². The molecule has 2 rings (SSSR count). The van der Waals surface area contributed by atoms with E-state index in [0.29, 0.717) is 29.6 Å². The zero-order valence-corrected chi connectivity index (χ0v) is 13.2. The Balaban J connectivity index is 1.90. The molecule has 0 amide bonds. The highest BCUT2D eigenvalue weighted by Crippen LogP contribution is 2.58. The smallest absolute Gasteiger partial charge is 0.305 e. The Kier molecular flexibility index (Phi) is 5.11. The second-order valence-electron chi connectivity index (χ2n) is 7.20. The van der Waals surface area contributed by atoms with Crippen molar-refractivity contribution in [1.29, 1.82) is 0 Å². The van der Waals surface area contributed by atoms with E-state index in [-0.39, 0.29) is 12.1 Å². The lowest BCUT2D eigenvalue weighted by Gasteiger charge is -2.45. The average Bonchev–Trinajstić information content (AvgIpc) is 2.77. The van der Waals surface area contributed by atoms with Gasteiger partial charge >= 0.3 is 5.97 Å². The molecule has 0 radical (unpaired) electrons. The third kappa shape index (κ3) is 3.03. The molecule has 2 unspecified atom stereocenters. The van der Waals surface area contributed by atoms with Crippen LogP contribution in [0.4, 0.5) is 0 Å². The lowest BCUT2D eigenvalue weighted by atomic mass is 9.61. The van der Waals surface area contributed by atoms with Crippen molar-refractivity contribution < 1.29 is 14.6 Å². The molecule has 2 fully saturated rings. The SMILES string of the molecule is COC(=O)CCCC(C)[C@H]1CC[C@@H]2[C@@H](O)CCCC12C. The Labute approximate surface area is 123 Å². The number of ether oxygens (including phenoxy) is 1. The molecule has 0 aromatic heterocycles. The zero-order chi connectivity index (χ0) is 14.8. The third-order valence-electron chi connectivity index (χ3n) is 6.12. The Bertz CT molecular complexity index is 341. The van der Waals surface area contributed by atoms with E-state index in [4.69, 9.17) is 4.74 Å². The summed E-state index contributed by atoms with van der Waals surface area (Å²) in [6, 6.07) is 0. The summed E-state index contributed by atoms with van der Waals surface area (Å²) in [6.45, 7) is 4.73. The molecule has 0 aromatic carbocycles. The minimum Gasteiger partial charge on any atom is -0.469 e. The van der Waals surface area contributed by atoms with Gasteiger partial charge in [-0.15, -0.1) is 0 Å². The summed E-state index contributed by atoms with van der Waals surface area (Å²) in [5, 5.41) is 10.3. The summed E-state index contributed by atoms with van der Waals surface area (Å²) >= 11 is 0. The minimum absolute atomic E-state index is 0.0824. The number of aliphatic hydroxyl groups excluding tert-OH is 1. The van der Waals surface area contributed by atoms with E-state index in [1.807, 2.05) is 0 Å². The van der Waals surface area contributed by atoms with Gasteiger partial charge in [0.25, 0.3) is 0 Å². The van der Waals surface area contributed by atoms with Crippen molar-refractivity contribution >= 4 is 5.97 Å². The van der Waals surface area contributed by atoms with Crippen LogP contribution in [-0.4, -0.2) is 24.3 Å². The fraction of sp³-hybridized carbons (Fsp3) is 0.941. The zero-order valence-electron chi connectivity index (χ0n) is 13.2. The van der Waals surface area contributed by atoms with Crippen LogP contribution in [0.5, 0.6) is 0 Å². The van der Waals surface area contributed by atoms with Crippen LogP contribution in [0, 0.1) is 23.2 Å². The van der Waals surface area contributed by atoms with Gasteiger partial charge in [-0.05, 0) is 61.7 Å². The van der Waals surface area contributed by atoms with E-state index in [1.54, 1.807) is 0 Å². The maximum Gasteiger partial charge on any atom is 0.305 e. The third-order valence-corrected chi connectivity index (χ3v) is 6.12. The summed E-state index contributed by atoms with van der Waals surface area (Å²) in [6.07, 6.45) is 8.33. The largest absolute Gasteiger partial charge is 0.469 e. The molecule has 0 bridgehead atoms. The van der Waals surface area contributed by atoms with Crippen molar-refractivity contribution in [2.24, 2.45) is 23.2 Å². The normalized spacial score (nSPS) is 38.3. The number of carbonyl (C=O) groups is 1. The summed E-state index contributed by atoms with van der Waals surface area (Å²) in [5.74, 6) is 1.75. The predicted octanol–water partition coefficient (Wildman–Crippen LogP) is 3.54. The molecule has 116 valence electrons.